The Morgan fingerprint density at radius 2 is 1.61 bits per heavy atom. The molecule has 0 saturated heterocycles. The molecule has 144 valence electrons. The smallest absolute Gasteiger partial charge is 0.276 e. The third kappa shape index (κ3) is 5.80. The molecule has 0 aliphatic heterocycles. The monoisotopic (exact) mass is 506 g/mol. The van der Waals surface area contributed by atoms with Crippen LogP contribution in [0.3, 0.4) is 0 Å². The van der Waals surface area contributed by atoms with E-state index >= 15 is 0 Å². The van der Waals surface area contributed by atoms with Gasteiger partial charge in [-0.25, -0.2) is 4.83 Å². The Morgan fingerprint density at radius 3 is 2.25 bits per heavy atom. The predicted octanol–water partition coefficient (Wildman–Crippen LogP) is 4.49. The second-order valence-electron chi connectivity index (χ2n) is 6.15. The molecule has 0 fully saturated rings. The van der Waals surface area contributed by atoms with E-state index in [1.54, 1.807) is 24.3 Å². The molecule has 28 heavy (non-hydrogen) atoms. The summed E-state index contributed by atoms with van der Waals surface area (Å²) in [7, 11) is -3.67. The number of halogens is 1. The Kier molecular flexibility index (Phi) is 6.69. The number of hydrazone groups is 1. The van der Waals surface area contributed by atoms with Gasteiger partial charge in [0, 0.05) is 3.57 Å². The number of benzene rings is 3. The molecule has 0 aliphatic rings. The minimum Gasteiger partial charge on any atom is -0.489 e. The third-order valence-electron chi connectivity index (χ3n) is 3.92. The lowest BCUT2D eigenvalue weighted by molar-refractivity contribution is 0.306. The van der Waals surface area contributed by atoms with Gasteiger partial charge in [-0.3, -0.25) is 0 Å². The zero-order chi connectivity index (χ0) is 20.0. The number of nitrogens with one attached hydrogen (secondary N) is 1. The predicted molar refractivity (Wildman–Crippen MR) is 119 cm³/mol. The molecule has 0 atom stereocenters. The first-order chi connectivity index (χ1) is 13.4. The number of hydrogen-bond acceptors (Lipinski definition) is 4. The van der Waals surface area contributed by atoms with Crippen LogP contribution in [-0.4, -0.2) is 14.6 Å². The summed E-state index contributed by atoms with van der Waals surface area (Å²) in [5, 5.41) is 3.84. The van der Waals surface area contributed by atoms with Gasteiger partial charge in [0.15, 0.2) is 0 Å². The first-order valence-electron chi connectivity index (χ1n) is 8.51. The van der Waals surface area contributed by atoms with Crippen LogP contribution in [0.1, 0.15) is 16.7 Å². The van der Waals surface area contributed by atoms with Crippen LogP contribution in [0, 0.1) is 10.5 Å². The van der Waals surface area contributed by atoms with Gasteiger partial charge in [-0.1, -0.05) is 29.8 Å². The quantitative estimate of drug-likeness (QED) is 0.292. The van der Waals surface area contributed by atoms with E-state index < -0.39 is 10.0 Å². The van der Waals surface area contributed by atoms with E-state index in [0.29, 0.717) is 6.61 Å². The third-order valence-corrected chi connectivity index (χ3v) is 5.87. The van der Waals surface area contributed by atoms with Crippen molar-refractivity contribution in [3.63, 3.8) is 0 Å². The van der Waals surface area contributed by atoms with E-state index in [0.717, 1.165) is 22.4 Å². The Morgan fingerprint density at radius 1 is 0.964 bits per heavy atom. The highest BCUT2D eigenvalue weighted by atomic mass is 127. The molecule has 0 aliphatic carbocycles. The van der Waals surface area contributed by atoms with Gasteiger partial charge in [0.2, 0.25) is 0 Å². The summed E-state index contributed by atoms with van der Waals surface area (Å²) in [6, 6.07) is 22.0. The van der Waals surface area contributed by atoms with Gasteiger partial charge in [-0.15, -0.1) is 0 Å². The molecule has 3 aromatic rings. The van der Waals surface area contributed by atoms with E-state index in [9.17, 15) is 8.42 Å². The maximum atomic E-state index is 12.2. The van der Waals surface area contributed by atoms with Crippen LogP contribution in [-0.2, 0) is 16.6 Å². The molecule has 0 aromatic heterocycles. The van der Waals surface area contributed by atoms with Gasteiger partial charge >= 0.3 is 0 Å². The van der Waals surface area contributed by atoms with Crippen molar-refractivity contribution in [3.8, 4) is 5.75 Å². The van der Waals surface area contributed by atoms with Crippen LogP contribution in [0.25, 0.3) is 0 Å². The molecule has 0 radical (unpaired) electrons. The molecule has 0 bridgehead atoms. The number of sulfonamides is 1. The van der Waals surface area contributed by atoms with Crippen molar-refractivity contribution in [2.75, 3.05) is 0 Å². The molecule has 7 heteroatoms. The molecule has 0 amide bonds. The Balaban J connectivity index is 1.56. The van der Waals surface area contributed by atoms with E-state index in [-0.39, 0.29) is 4.90 Å². The zero-order valence-electron chi connectivity index (χ0n) is 15.2. The highest BCUT2D eigenvalue weighted by Gasteiger charge is 2.11. The summed E-state index contributed by atoms with van der Waals surface area (Å²) in [4.78, 5) is 2.39. The van der Waals surface area contributed by atoms with Gasteiger partial charge in [0.05, 0.1) is 11.1 Å². The highest BCUT2D eigenvalue weighted by molar-refractivity contribution is 14.1. The molecule has 0 unspecified atom stereocenters. The number of nitrogens with zero attached hydrogens (tertiary/aromatic N) is 1. The molecule has 3 rings (SSSR count). The number of ether oxygens (including phenoxy) is 1. The number of rotatable bonds is 7. The second kappa shape index (κ2) is 9.20. The van der Waals surface area contributed by atoms with Crippen LogP contribution in [0.4, 0.5) is 0 Å². The Hall–Kier alpha value is -2.39. The van der Waals surface area contributed by atoms with Crippen LogP contribution in [0.15, 0.2) is 82.8 Å². The van der Waals surface area contributed by atoms with Crippen LogP contribution in [0.2, 0.25) is 0 Å². The fraction of sp³-hybridized carbons (Fsp3) is 0.0952. The molecule has 1 N–H and O–H groups in total. The number of hydrogen-bond donors (Lipinski definition) is 1. The fourth-order valence-electron chi connectivity index (χ4n) is 2.34. The van der Waals surface area contributed by atoms with Gasteiger partial charge in [-0.05, 0) is 89.2 Å². The lowest BCUT2D eigenvalue weighted by Gasteiger charge is -2.07. The summed E-state index contributed by atoms with van der Waals surface area (Å²) in [6.45, 7) is 2.39. The van der Waals surface area contributed by atoms with E-state index in [2.05, 4.69) is 32.5 Å². The highest BCUT2D eigenvalue weighted by Crippen LogP contribution is 2.15. The van der Waals surface area contributed by atoms with Gasteiger partial charge in [0.1, 0.15) is 12.4 Å². The van der Waals surface area contributed by atoms with Crippen molar-refractivity contribution < 1.29 is 13.2 Å². The average molecular weight is 506 g/mol. The summed E-state index contributed by atoms with van der Waals surface area (Å²) >= 11 is 2.26. The van der Waals surface area contributed by atoms with Crippen molar-refractivity contribution in [2.24, 2.45) is 5.10 Å². The normalized spacial score (nSPS) is 11.5. The van der Waals surface area contributed by atoms with E-state index in [1.807, 2.05) is 55.5 Å². The molecule has 3 aromatic carbocycles. The molecular weight excluding hydrogens is 487 g/mol. The Bertz CT molecular complexity index is 1050. The topological polar surface area (TPSA) is 67.8 Å². The molecule has 0 saturated carbocycles. The van der Waals surface area contributed by atoms with Crippen LogP contribution < -0.4 is 9.57 Å². The van der Waals surface area contributed by atoms with Crippen molar-refractivity contribution in [1.29, 1.82) is 0 Å². The van der Waals surface area contributed by atoms with Crippen molar-refractivity contribution in [3.05, 3.63) is 93.1 Å². The average Bonchev–Trinajstić information content (AvgIpc) is 2.69. The lowest BCUT2D eigenvalue weighted by Crippen LogP contribution is -2.18. The van der Waals surface area contributed by atoms with Crippen LogP contribution >= 0.6 is 22.6 Å². The SMILES string of the molecule is Cc1ccc(S(=O)(=O)N/N=C\c2ccc(OCc3ccc(I)cc3)cc2)cc1. The van der Waals surface area contributed by atoms with Crippen molar-refractivity contribution >= 4 is 38.8 Å². The minimum atomic E-state index is -3.67. The van der Waals surface area contributed by atoms with Crippen molar-refractivity contribution in [1.82, 2.24) is 4.83 Å². The van der Waals surface area contributed by atoms with Gasteiger partial charge < -0.3 is 4.74 Å². The summed E-state index contributed by atoms with van der Waals surface area (Å²) < 4.78 is 31.3. The first-order valence-corrected chi connectivity index (χ1v) is 11.1. The van der Waals surface area contributed by atoms with E-state index in [1.165, 1.54) is 9.78 Å². The molecule has 0 heterocycles. The number of aryl methyl sites for hydroxylation is 1. The standard InChI is InChI=1S/C21H19IN2O3S/c1-16-2-12-21(13-3-16)28(25,26)24-23-14-17-6-10-20(11-7-17)27-15-18-4-8-19(22)9-5-18/h2-14,24H,15H2,1H3/b23-14-. The second-order valence-corrected chi connectivity index (χ2v) is 9.06. The van der Waals surface area contributed by atoms with Gasteiger partial charge in [-0.2, -0.15) is 13.5 Å². The lowest BCUT2D eigenvalue weighted by atomic mass is 10.2. The van der Waals surface area contributed by atoms with Crippen molar-refractivity contribution in [2.45, 2.75) is 18.4 Å². The zero-order valence-corrected chi connectivity index (χ0v) is 18.1. The molecule has 0 spiro atoms. The molecule has 5 nitrogen and oxygen atoms in total. The summed E-state index contributed by atoms with van der Waals surface area (Å²) in [6.07, 6.45) is 1.45. The largest absolute Gasteiger partial charge is 0.489 e. The van der Waals surface area contributed by atoms with Crippen LogP contribution in [0.5, 0.6) is 5.75 Å². The summed E-state index contributed by atoms with van der Waals surface area (Å²) in [5.41, 5.74) is 2.84. The van der Waals surface area contributed by atoms with E-state index in [4.69, 9.17) is 4.74 Å². The fourth-order valence-corrected chi connectivity index (χ4v) is 3.49. The maximum absolute atomic E-state index is 12.2. The Labute approximate surface area is 178 Å². The molecular formula is C21H19IN2O3S. The van der Waals surface area contributed by atoms with Gasteiger partial charge in [0.25, 0.3) is 10.0 Å². The first kappa shape index (κ1) is 20.3. The minimum absolute atomic E-state index is 0.176. The maximum Gasteiger partial charge on any atom is 0.276 e. The summed E-state index contributed by atoms with van der Waals surface area (Å²) in [5.74, 6) is 0.732.